The predicted octanol–water partition coefficient (Wildman–Crippen LogP) is 11.4. The maximum absolute atomic E-state index is 2.63. The van der Waals surface area contributed by atoms with Gasteiger partial charge in [-0.2, -0.15) is 0 Å². The lowest BCUT2D eigenvalue weighted by Crippen LogP contribution is -2.26. The Hall–Kier alpha value is -5.66. The normalized spacial score (nSPS) is 17.6. The lowest BCUT2D eigenvalue weighted by molar-refractivity contribution is 0.784. The molecule has 3 aliphatic rings. The fraction of sp³-hybridized carbons (Fsp3) is 0.0455. The number of anilines is 2. The summed E-state index contributed by atoms with van der Waals surface area (Å²) in [6, 6.07) is 56.2. The molecule has 2 unspecified atom stereocenters. The first-order valence-corrected chi connectivity index (χ1v) is 15.8. The highest BCUT2D eigenvalue weighted by Gasteiger charge is 2.48. The lowest BCUT2D eigenvalue weighted by Gasteiger charge is -2.27. The van der Waals surface area contributed by atoms with E-state index >= 15 is 0 Å². The molecule has 2 atom stereocenters. The average molecular weight is 572 g/mol. The summed E-state index contributed by atoms with van der Waals surface area (Å²) in [5.74, 6) is 0.260. The van der Waals surface area contributed by atoms with Crippen LogP contribution in [0.15, 0.2) is 164 Å². The SMILES string of the molecule is C1=C(c2cc(-c3ccccc3)cc(-c3ccccc3)c2)C=C2c3cc4ccccc4cc3N3c4cc5ccccc5cc4C1C23. The van der Waals surface area contributed by atoms with E-state index in [1.807, 2.05) is 0 Å². The molecule has 0 aromatic heterocycles. The van der Waals surface area contributed by atoms with Gasteiger partial charge < -0.3 is 4.90 Å². The van der Waals surface area contributed by atoms with Gasteiger partial charge in [0, 0.05) is 17.2 Å². The van der Waals surface area contributed by atoms with Gasteiger partial charge in [-0.1, -0.05) is 115 Å². The molecule has 210 valence electrons. The molecule has 0 radical (unpaired) electrons. The van der Waals surface area contributed by atoms with E-state index < -0.39 is 0 Å². The molecular weight excluding hydrogens is 542 g/mol. The van der Waals surface area contributed by atoms with Crippen LogP contribution >= 0.6 is 0 Å². The number of hydrogen-bond donors (Lipinski definition) is 0. The van der Waals surface area contributed by atoms with Crippen molar-refractivity contribution in [3.05, 3.63) is 181 Å². The van der Waals surface area contributed by atoms with Crippen molar-refractivity contribution >= 4 is 44.1 Å². The molecule has 7 aromatic carbocycles. The average Bonchev–Trinajstić information content (AvgIpc) is 3.60. The molecular formula is C44H29N. The molecule has 0 bridgehead atoms. The highest BCUT2D eigenvalue weighted by atomic mass is 15.2. The minimum Gasteiger partial charge on any atom is -0.332 e. The third-order valence-corrected chi connectivity index (χ3v) is 10.0. The molecule has 2 aliphatic heterocycles. The van der Waals surface area contributed by atoms with Crippen molar-refractivity contribution in [3.8, 4) is 22.3 Å². The topological polar surface area (TPSA) is 3.24 Å². The Morgan fingerprint density at radius 3 is 1.56 bits per heavy atom. The van der Waals surface area contributed by atoms with E-state index in [1.165, 1.54) is 83.0 Å². The van der Waals surface area contributed by atoms with Crippen LogP contribution in [0.4, 0.5) is 11.4 Å². The van der Waals surface area contributed by atoms with Gasteiger partial charge in [-0.3, -0.25) is 0 Å². The van der Waals surface area contributed by atoms with Crippen LogP contribution in [-0.4, -0.2) is 6.04 Å². The molecule has 0 saturated carbocycles. The molecule has 0 spiro atoms. The summed E-state index contributed by atoms with van der Waals surface area (Å²) >= 11 is 0. The number of allylic oxidation sites excluding steroid dienone is 2. The molecule has 0 fully saturated rings. The third-order valence-electron chi connectivity index (χ3n) is 10.0. The molecule has 7 aromatic rings. The van der Waals surface area contributed by atoms with Crippen LogP contribution in [-0.2, 0) is 0 Å². The van der Waals surface area contributed by atoms with Crippen LogP contribution in [0.25, 0.3) is 54.9 Å². The Labute approximate surface area is 263 Å². The van der Waals surface area contributed by atoms with Crippen molar-refractivity contribution in [2.45, 2.75) is 12.0 Å². The second-order valence-corrected chi connectivity index (χ2v) is 12.6. The van der Waals surface area contributed by atoms with Crippen molar-refractivity contribution in [3.63, 3.8) is 0 Å². The van der Waals surface area contributed by atoms with Crippen LogP contribution in [0.2, 0.25) is 0 Å². The Balaban J connectivity index is 1.23. The number of rotatable bonds is 3. The summed E-state index contributed by atoms with van der Waals surface area (Å²) < 4.78 is 0. The Morgan fingerprint density at radius 1 is 0.422 bits per heavy atom. The van der Waals surface area contributed by atoms with Gasteiger partial charge in [0.2, 0.25) is 0 Å². The van der Waals surface area contributed by atoms with Gasteiger partial charge >= 0.3 is 0 Å². The number of fused-ring (bicyclic) bond motifs is 8. The first-order chi connectivity index (χ1) is 22.3. The molecule has 10 rings (SSSR count). The van der Waals surface area contributed by atoms with Gasteiger partial charge in [0.05, 0.1) is 11.7 Å². The fourth-order valence-electron chi connectivity index (χ4n) is 7.95. The van der Waals surface area contributed by atoms with Crippen molar-refractivity contribution in [2.24, 2.45) is 0 Å². The predicted molar refractivity (Wildman–Crippen MR) is 190 cm³/mol. The Bertz CT molecular complexity index is 2320. The summed E-state index contributed by atoms with van der Waals surface area (Å²) in [5.41, 5.74) is 14.4. The number of hydrogen-bond acceptors (Lipinski definition) is 1. The molecule has 0 N–H and O–H groups in total. The van der Waals surface area contributed by atoms with Crippen molar-refractivity contribution in [2.75, 3.05) is 4.90 Å². The van der Waals surface area contributed by atoms with E-state index in [-0.39, 0.29) is 12.0 Å². The summed E-state index contributed by atoms with van der Waals surface area (Å²) in [6.45, 7) is 0. The van der Waals surface area contributed by atoms with Gasteiger partial charge in [0.25, 0.3) is 0 Å². The highest BCUT2D eigenvalue weighted by Crippen LogP contribution is 2.60. The van der Waals surface area contributed by atoms with Gasteiger partial charge in [-0.15, -0.1) is 0 Å². The second-order valence-electron chi connectivity index (χ2n) is 12.6. The van der Waals surface area contributed by atoms with Crippen LogP contribution in [0.5, 0.6) is 0 Å². The maximum Gasteiger partial charge on any atom is 0.0702 e. The Kier molecular flexibility index (Phi) is 5.18. The largest absolute Gasteiger partial charge is 0.332 e. The van der Waals surface area contributed by atoms with Crippen LogP contribution in [0, 0.1) is 0 Å². The molecule has 1 aliphatic carbocycles. The molecule has 45 heavy (non-hydrogen) atoms. The third kappa shape index (κ3) is 3.74. The summed E-state index contributed by atoms with van der Waals surface area (Å²) in [4.78, 5) is 2.63. The highest BCUT2D eigenvalue weighted by molar-refractivity contribution is 6.07. The summed E-state index contributed by atoms with van der Waals surface area (Å²) in [5, 5.41) is 5.18. The van der Waals surface area contributed by atoms with E-state index in [2.05, 4.69) is 169 Å². The van der Waals surface area contributed by atoms with E-state index in [9.17, 15) is 0 Å². The van der Waals surface area contributed by atoms with Crippen LogP contribution < -0.4 is 4.90 Å². The zero-order chi connectivity index (χ0) is 29.5. The first kappa shape index (κ1) is 24.7. The standard InChI is InChI=1S/C44H29N/c1-3-11-28(12-4-1)34-19-35(29-13-5-2-6-14-29)21-36(20-34)37-24-40-38-22-30-15-7-9-17-32(30)26-42(38)45-43-27-33-18-10-8-16-31(33)23-39(43)41(25-37)44(40)45/h1-27,40,44H. The van der Waals surface area contributed by atoms with E-state index in [0.717, 1.165) is 0 Å². The van der Waals surface area contributed by atoms with Gasteiger partial charge in [0.15, 0.2) is 0 Å². The molecule has 2 heterocycles. The lowest BCUT2D eigenvalue weighted by atomic mass is 9.79. The molecule has 0 amide bonds. The second kappa shape index (κ2) is 9.42. The van der Waals surface area contributed by atoms with Crippen molar-refractivity contribution in [1.29, 1.82) is 0 Å². The van der Waals surface area contributed by atoms with Crippen molar-refractivity contribution in [1.82, 2.24) is 0 Å². The van der Waals surface area contributed by atoms with Gasteiger partial charge in [0.1, 0.15) is 0 Å². The summed E-state index contributed by atoms with van der Waals surface area (Å²) in [7, 11) is 0. The van der Waals surface area contributed by atoms with Gasteiger partial charge in [-0.05, 0) is 115 Å². The van der Waals surface area contributed by atoms with Crippen LogP contribution in [0.1, 0.15) is 22.6 Å². The zero-order valence-electron chi connectivity index (χ0n) is 24.7. The first-order valence-electron chi connectivity index (χ1n) is 15.8. The van der Waals surface area contributed by atoms with Gasteiger partial charge in [-0.25, -0.2) is 0 Å². The minimum atomic E-state index is 0.260. The Morgan fingerprint density at radius 2 is 0.933 bits per heavy atom. The maximum atomic E-state index is 2.63. The molecule has 1 nitrogen and oxygen atoms in total. The zero-order valence-corrected chi connectivity index (χ0v) is 24.7. The van der Waals surface area contributed by atoms with Crippen molar-refractivity contribution < 1.29 is 0 Å². The molecule has 0 saturated heterocycles. The monoisotopic (exact) mass is 571 g/mol. The quantitative estimate of drug-likeness (QED) is 0.204. The molecule has 1 heteroatoms. The van der Waals surface area contributed by atoms with E-state index in [4.69, 9.17) is 0 Å². The number of nitrogens with zero attached hydrogens (tertiary/aromatic N) is 1. The fourth-order valence-corrected chi connectivity index (χ4v) is 7.95. The van der Waals surface area contributed by atoms with E-state index in [0.29, 0.717) is 0 Å². The minimum absolute atomic E-state index is 0.260. The van der Waals surface area contributed by atoms with Crippen LogP contribution in [0.3, 0.4) is 0 Å². The van der Waals surface area contributed by atoms with E-state index in [1.54, 1.807) is 0 Å². The smallest absolute Gasteiger partial charge is 0.0702 e. The summed E-state index contributed by atoms with van der Waals surface area (Å²) in [6.07, 6.45) is 5.03. The number of benzene rings is 7.